The lowest BCUT2D eigenvalue weighted by Crippen LogP contribution is -2.46. The van der Waals surface area contributed by atoms with Crippen LogP contribution in [0, 0.1) is 6.92 Å². The number of aryl methyl sites for hydroxylation is 1. The van der Waals surface area contributed by atoms with Crippen LogP contribution in [0.2, 0.25) is 0 Å². The van der Waals surface area contributed by atoms with E-state index >= 15 is 0 Å². The second-order valence-corrected chi connectivity index (χ2v) is 8.53. The molecule has 1 spiro atoms. The predicted molar refractivity (Wildman–Crippen MR) is 116 cm³/mol. The molecular formula is C25H30N2O3. The van der Waals surface area contributed by atoms with Crippen molar-refractivity contribution in [2.75, 3.05) is 13.1 Å². The number of carbonyl (C=O) groups is 2. The van der Waals surface area contributed by atoms with E-state index in [-0.39, 0.29) is 17.9 Å². The van der Waals surface area contributed by atoms with Gasteiger partial charge in [-0.3, -0.25) is 9.59 Å². The molecule has 5 nitrogen and oxygen atoms in total. The molecule has 0 aliphatic carbocycles. The molecule has 1 N–H and O–H groups in total. The number of carbonyl (C=O) groups excluding carboxylic acids is 2. The van der Waals surface area contributed by atoms with Crippen LogP contribution in [0.4, 0.5) is 0 Å². The van der Waals surface area contributed by atoms with E-state index in [0.717, 1.165) is 29.8 Å². The summed E-state index contributed by atoms with van der Waals surface area (Å²) >= 11 is 0. The minimum absolute atomic E-state index is 0.00980. The Morgan fingerprint density at radius 3 is 2.70 bits per heavy atom. The molecule has 0 bridgehead atoms. The summed E-state index contributed by atoms with van der Waals surface area (Å²) in [5, 5.41) is 3.25. The Morgan fingerprint density at radius 1 is 1.17 bits per heavy atom. The highest BCUT2D eigenvalue weighted by molar-refractivity contribution is 5.79. The lowest BCUT2D eigenvalue weighted by atomic mass is 9.82. The third-order valence-electron chi connectivity index (χ3n) is 6.38. The first-order chi connectivity index (χ1) is 14.5. The third-order valence-corrected chi connectivity index (χ3v) is 6.38. The summed E-state index contributed by atoms with van der Waals surface area (Å²) in [5.74, 6) is 1.02. The van der Waals surface area contributed by atoms with Crippen molar-refractivity contribution in [3.63, 3.8) is 0 Å². The molecule has 2 aromatic rings. The number of para-hydroxylation sites is 1. The zero-order chi connectivity index (χ0) is 21.1. The van der Waals surface area contributed by atoms with Gasteiger partial charge in [0.2, 0.25) is 11.8 Å². The maximum Gasteiger partial charge on any atom is 0.224 e. The Balaban J connectivity index is 1.53. The largest absolute Gasteiger partial charge is 0.487 e. The van der Waals surface area contributed by atoms with E-state index in [1.807, 2.05) is 67.3 Å². The summed E-state index contributed by atoms with van der Waals surface area (Å²) < 4.78 is 6.49. The van der Waals surface area contributed by atoms with Crippen LogP contribution in [-0.4, -0.2) is 35.4 Å². The highest BCUT2D eigenvalue weighted by atomic mass is 16.5. The van der Waals surface area contributed by atoms with E-state index in [0.29, 0.717) is 32.2 Å². The molecule has 2 aliphatic rings. The smallest absolute Gasteiger partial charge is 0.224 e. The molecular weight excluding hydrogens is 376 g/mol. The van der Waals surface area contributed by atoms with Gasteiger partial charge in [-0.15, -0.1) is 0 Å². The van der Waals surface area contributed by atoms with E-state index in [1.54, 1.807) is 0 Å². The van der Waals surface area contributed by atoms with Gasteiger partial charge in [0.1, 0.15) is 11.4 Å². The van der Waals surface area contributed by atoms with Crippen LogP contribution in [0.5, 0.6) is 5.75 Å². The third kappa shape index (κ3) is 4.35. The fraction of sp³-hybridized carbons (Fsp3) is 0.440. The molecule has 0 unspecified atom stereocenters. The fourth-order valence-electron chi connectivity index (χ4n) is 4.61. The Morgan fingerprint density at radius 2 is 1.93 bits per heavy atom. The second-order valence-electron chi connectivity index (χ2n) is 8.53. The fourth-order valence-corrected chi connectivity index (χ4v) is 4.61. The molecule has 2 heterocycles. The van der Waals surface area contributed by atoms with Crippen LogP contribution in [0.3, 0.4) is 0 Å². The Kier molecular flexibility index (Phi) is 5.80. The standard InChI is InChI=1S/C25H30N2O3/c1-3-27-15-14-25(13-12-24(27)29)17-21(20-6-4-5-7-22(20)30-25)26-23(28)16-19-10-8-18(2)9-11-19/h4-11,21H,3,12-17H2,1-2H3,(H,26,28)/t21-,25+/m1/s1. The van der Waals surface area contributed by atoms with Crippen LogP contribution in [0.15, 0.2) is 48.5 Å². The number of hydrogen-bond acceptors (Lipinski definition) is 3. The summed E-state index contributed by atoms with van der Waals surface area (Å²) in [5.41, 5.74) is 2.79. The molecule has 1 saturated heterocycles. The summed E-state index contributed by atoms with van der Waals surface area (Å²) in [6, 6.07) is 15.9. The molecule has 2 aliphatic heterocycles. The molecule has 0 saturated carbocycles. The van der Waals surface area contributed by atoms with Gasteiger partial charge in [-0.05, 0) is 31.9 Å². The highest BCUT2D eigenvalue weighted by Gasteiger charge is 2.43. The summed E-state index contributed by atoms with van der Waals surface area (Å²) in [4.78, 5) is 27.2. The number of benzene rings is 2. The molecule has 0 radical (unpaired) electrons. The van der Waals surface area contributed by atoms with Crippen molar-refractivity contribution in [2.24, 2.45) is 0 Å². The van der Waals surface area contributed by atoms with Crippen molar-refractivity contribution in [2.45, 2.75) is 57.6 Å². The average Bonchev–Trinajstić information content (AvgIpc) is 2.88. The number of ether oxygens (including phenoxy) is 1. The van der Waals surface area contributed by atoms with Crippen LogP contribution in [0.1, 0.15) is 55.3 Å². The zero-order valence-electron chi connectivity index (χ0n) is 17.8. The normalized spacial score (nSPS) is 23.5. The number of likely N-dealkylation sites (tertiary alicyclic amines) is 1. The van der Waals surface area contributed by atoms with E-state index in [1.165, 1.54) is 5.56 Å². The molecule has 2 amide bonds. The molecule has 4 rings (SSSR count). The van der Waals surface area contributed by atoms with E-state index in [9.17, 15) is 9.59 Å². The van der Waals surface area contributed by atoms with Gasteiger partial charge in [0.25, 0.3) is 0 Å². The molecule has 1 fully saturated rings. The number of nitrogens with one attached hydrogen (secondary N) is 1. The molecule has 30 heavy (non-hydrogen) atoms. The molecule has 5 heteroatoms. The molecule has 158 valence electrons. The average molecular weight is 407 g/mol. The summed E-state index contributed by atoms with van der Waals surface area (Å²) in [6.45, 7) is 5.48. The monoisotopic (exact) mass is 406 g/mol. The number of nitrogens with zero attached hydrogens (tertiary/aromatic N) is 1. The van der Waals surface area contributed by atoms with Crippen LogP contribution < -0.4 is 10.1 Å². The van der Waals surface area contributed by atoms with Crippen molar-refractivity contribution in [1.82, 2.24) is 10.2 Å². The van der Waals surface area contributed by atoms with E-state index in [2.05, 4.69) is 5.32 Å². The quantitative estimate of drug-likeness (QED) is 0.836. The first-order valence-electron chi connectivity index (χ1n) is 10.9. The first-order valence-corrected chi connectivity index (χ1v) is 10.9. The molecule has 2 aromatic carbocycles. The lowest BCUT2D eigenvalue weighted by Gasteiger charge is -2.42. The van der Waals surface area contributed by atoms with Gasteiger partial charge in [0.15, 0.2) is 0 Å². The molecule has 0 aromatic heterocycles. The maximum atomic E-state index is 12.9. The predicted octanol–water partition coefficient (Wildman–Crippen LogP) is 3.95. The minimum Gasteiger partial charge on any atom is -0.487 e. The van der Waals surface area contributed by atoms with Gasteiger partial charge in [-0.2, -0.15) is 0 Å². The lowest BCUT2D eigenvalue weighted by molar-refractivity contribution is -0.130. The van der Waals surface area contributed by atoms with E-state index < -0.39 is 5.60 Å². The van der Waals surface area contributed by atoms with Gasteiger partial charge >= 0.3 is 0 Å². The van der Waals surface area contributed by atoms with Gasteiger partial charge in [-0.25, -0.2) is 0 Å². The van der Waals surface area contributed by atoms with Crippen LogP contribution >= 0.6 is 0 Å². The topological polar surface area (TPSA) is 58.6 Å². The number of fused-ring (bicyclic) bond motifs is 1. The molecule has 2 atom stereocenters. The van der Waals surface area contributed by atoms with Gasteiger partial charge in [-0.1, -0.05) is 48.0 Å². The Hall–Kier alpha value is -2.82. The second kappa shape index (κ2) is 8.50. The highest BCUT2D eigenvalue weighted by Crippen LogP contribution is 2.44. The first kappa shape index (κ1) is 20.5. The van der Waals surface area contributed by atoms with Gasteiger partial charge < -0.3 is 15.0 Å². The summed E-state index contributed by atoms with van der Waals surface area (Å²) in [6.07, 6.45) is 3.00. The summed E-state index contributed by atoms with van der Waals surface area (Å²) in [7, 11) is 0. The van der Waals surface area contributed by atoms with Crippen molar-refractivity contribution in [1.29, 1.82) is 0 Å². The van der Waals surface area contributed by atoms with Crippen molar-refractivity contribution >= 4 is 11.8 Å². The number of hydrogen-bond donors (Lipinski definition) is 1. The maximum absolute atomic E-state index is 12.9. The Bertz CT molecular complexity index is 924. The minimum atomic E-state index is -0.421. The van der Waals surface area contributed by atoms with Crippen LogP contribution in [-0.2, 0) is 16.0 Å². The van der Waals surface area contributed by atoms with Crippen molar-refractivity contribution < 1.29 is 14.3 Å². The Labute approximate surface area is 178 Å². The van der Waals surface area contributed by atoms with Crippen LogP contribution in [0.25, 0.3) is 0 Å². The van der Waals surface area contributed by atoms with Gasteiger partial charge in [0.05, 0.1) is 12.5 Å². The van der Waals surface area contributed by atoms with Gasteiger partial charge in [0, 0.05) is 37.9 Å². The number of rotatable bonds is 4. The van der Waals surface area contributed by atoms with E-state index in [4.69, 9.17) is 4.74 Å². The number of amides is 2. The van der Waals surface area contributed by atoms with Crippen molar-refractivity contribution in [3.05, 3.63) is 65.2 Å². The SMILES string of the molecule is CCN1CC[C@@]2(CCC1=O)C[C@@H](NC(=O)Cc1ccc(C)cc1)c1ccccc1O2. The van der Waals surface area contributed by atoms with Crippen molar-refractivity contribution in [3.8, 4) is 5.75 Å². The zero-order valence-corrected chi connectivity index (χ0v) is 17.8.